The van der Waals surface area contributed by atoms with Crippen molar-refractivity contribution in [3.05, 3.63) is 24.5 Å². The van der Waals surface area contributed by atoms with Gasteiger partial charge in [-0.2, -0.15) is 0 Å². The number of carbonyl (C=O) groups is 1. The zero-order valence-electron chi connectivity index (χ0n) is 19.3. The lowest BCUT2D eigenvalue weighted by atomic mass is 10.1. The van der Waals surface area contributed by atoms with Gasteiger partial charge in [-0.25, -0.2) is 18.7 Å². The third-order valence-electron chi connectivity index (χ3n) is 4.59. The van der Waals surface area contributed by atoms with E-state index >= 15 is 0 Å². The summed E-state index contributed by atoms with van der Waals surface area (Å²) in [5.74, 6) is -3.03. The molecule has 4 heterocycles. The molecule has 4 rings (SSSR count). The first-order valence-corrected chi connectivity index (χ1v) is 10.2. The van der Waals surface area contributed by atoms with Gasteiger partial charge in [-0.3, -0.25) is 4.79 Å². The van der Waals surface area contributed by atoms with E-state index in [0.717, 1.165) is 11.5 Å². The molecule has 0 radical (unpaired) electrons. The third-order valence-corrected chi connectivity index (χ3v) is 5.22. The van der Waals surface area contributed by atoms with Gasteiger partial charge < -0.3 is 19.4 Å². The first-order chi connectivity index (χ1) is 15.4. The Hall–Kier alpha value is -2.88. The van der Waals surface area contributed by atoms with E-state index in [0.29, 0.717) is 16.0 Å². The predicted molar refractivity (Wildman–Crippen MR) is 111 cm³/mol. The summed E-state index contributed by atoms with van der Waals surface area (Å²) in [7, 11) is 0. The molecule has 1 aliphatic heterocycles. The van der Waals surface area contributed by atoms with Crippen molar-refractivity contribution in [1.29, 1.82) is 0 Å². The number of alkyl halides is 2. The lowest BCUT2D eigenvalue weighted by Crippen LogP contribution is -2.42. The van der Waals surface area contributed by atoms with Crippen LogP contribution in [-0.4, -0.2) is 45.3 Å². The van der Waals surface area contributed by atoms with Crippen LogP contribution in [0.3, 0.4) is 0 Å². The van der Waals surface area contributed by atoms with Crippen molar-refractivity contribution in [2.24, 2.45) is 6.98 Å². The van der Waals surface area contributed by atoms with Crippen molar-refractivity contribution in [2.45, 2.75) is 30.9 Å². The summed E-state index contributed by atoms with van der Waals surface area (Å²) in [5.41, 5.74) is 0.884. The molecule has 158 valence electrons. The lowest BCUT2D eigenvalue weighted by molar-refractivity contribution is -0.114. The number of thioether (sulfide) groups is 1. The van der Waals surface area contributed by atoms with E-state index < -0.39 is 25.6 Å². The van der Waals surface area contributed by atoms with Gasteiger partial charge >= 0.3 is 0 Å². The van der Waals surface area contributed by atoms with Gasteiger partial charge in [0.25, 0.3) is 5.92 Å². The molecule has 1 N–H and O–H groups in total. The van der Waals surface area contributed by atoms with Crippen molar-refractivity contribution < 1.29 is 27.2 Å². The topological polar surface area (TPSA) is 78.3 Å². The van der Waals surface area contributed by atoms with Gasteiger partial charge in [0.05, 0.1) is 11.7 Å². The second kappa shape index (κ2) is 7.42. The Morgan fingerprint density at radius 3 is 2.93 bits per heavy atom. The second-order valence-corrected chi connectivity index (χ2v) is 7.72. The predicted octanol–water partition coefficient (Wildman–Crippen LogP) is 4.11. The first kappa shape index (κ1) is 16.9. The Labute approximate surface area is 180 Å². The second-order valence-electron chi connectivity index (χ2n) is 6.89. The van der Waals surface area contributed by atoms with Crippen molar-refractivity contribution in [3.63, 3.8) is 0 Å². The van der Waals surface area contributed by atoms with E-state index in [1.807, 2.05) is 0 Å². The quantitative estimate of drug-likeness (QED) is 0.619. The van der Waals surface area contributed by atoms with Crippen LogP contribution < -0.4 is 14.8 Å². The Bertz CT molecular complexity index is 1240. The van der Waals surface area contributed by atoms with Crippen molar-refractivity contribution >= 4 is 34.4 Å². The van der Waals surface area contributed by atoms with Crippen molar-refractivity contribution in [2.75, 3.05) is 18.2 Å². The maximum absolute atomic E-state index is 13.9. The molecule has 0 saturated carbocycles. The maximum Gasteiger partial charge on any atom is 0.284 e. The van der Waals surface area contributed by atoms with E-state index in [1.54, 1.807) is 6.26 Å². The highest BCUT2D eigenvalue weighted by Crippen LogP contribution is 2.45. The van der Waals surface area contributed by atoms with Gasteiger partial charge in [0, 0.05) is 48.1 Å². The Morgan fingerprint density at radius 2 is 2.27 bits per heavy atom. The summed E-state index contributed by atoms with van der Waals surface area (Å²) in [5, 5.41) is 3.47. The Kier molecular flexibility index (Phi) is 4.17. The molecular formula is C20H20F2N4O3S. The smallest absolute Gasteiger partial charge is 0.284 e. The molecule has 3 aromatic heterocycles. The van der Waals surface area contributed by atoms with Crippen LogP contribution in [0.5, 0.6) is 11.5 Å². The minimum atomic E-state index is -3.13. The van der Waals surface area contributed by atoms with Crippen LogP contribution in [0.2, 0.25) is 0 Å². The van der Waals surface area contributed by atoms with Crippen LogP contribution in [0, 0.1) is 0 Å². The zero-order valence-corrected chi connectivity index (χ0v) is 17.1. The highest BCUT2D eigenvalue weighted by molar-refractivity contribution is 7.98. The number of pyridine rings is 2. The van der Waals surface area contributed by atoms with Crippen LogP contribution in [0.15, 0.2) is 29.6 Å². The van der Waals surface area contributed by atoms with Gasteiger partial charge in [0.2, 0.25) is 5.91 Å². The molecule has 0 aliphatic carbocycles. The largest absolute Gasteiger partial charge is 0.483 e. The van der Waals surface area contributed by atoms with Crippen LogP contribution in [-0.2, 0) is 11.8 Å². The number of rotatable bonds is 4. The molecule has 3 aromatic rings. The minimum absolute atomic E-state index is 0.0908. The highest BCUT2D eigenvalue weighted by Gasteiger charge is 2.41. The lowest BCUT2D eigenvalue weighted by Gasteiger charge is -2.31. The maximum atomic E-state index is 13.9. The highest BCUT2D eigenvalue weighted by atomic mass is 32.2. The number of aromatic nitrogens is 3. The number of hydrogen-bond donors (Lipinski definition) is 1. The number of fused-ring (bicyclic) bond motifs is 2. The minimum Gasteiger partial charge on any atom is -0.483 e. The molecular weight excluding hydrogens is 414 g/mol. The molecule has 1 aliphatic rings. The number of halogens is 2. The number of nitrogens with one attached hydrogen (secondary N) is 1. The fourth-order valence-electron chi connectivity index (χ4n) is 3.16. The number of amides is 1. The summed E-state index contributed by atoms with van der Waals surface area (Å²) < 4.78 is 63.7. The molecule has 1 amide bonds. The van der Waals surface area contributed by atoms with E-state index in [1.165, 1.54) is 43.2 Å². The Morgan fingerprint density at radius 1 is 1.47 bits per heavy atom. The molecule has 0 aromatic carbocycles. The van der Waals surface area contributed by atoms with Crippen LogP contribution >= 0.6 is 11.8 Å². The van der Waals surface area contributed by atoms with Gasteiger partial charge in [0.1, 0.15) is 23.1 Å². The van der Waals surface area contributed by atoms with Crippen molar-refractivity contribution in [3.8, 4) is 22.8 Å². The summed E-state index contributed by atoms with van der Waals surface area (Å²) in [6.45, 7) is -0.854. The van der Waals surface area contributed by atoms with Crippen LogP contribution in [0.25, 0.3) is 22.2 Å². The Balaban J connectivity index is 1.96. The number of hydrogen-bond acceptors (Lipinski definition) is 6. The van der Waals surface area contributed by atoms with E-state index in [2.05, 4.69) is 15.3 Å². The first-order valence-electron chi connectivity index (χ1n) is 10.4. The average Bonchev–Trinajstić information content (AvgIpc) is 3.10. The van der Waals surface area contributed by atoms with E-state index in [4.69, 9.17) is 13.6 Å². The number of aryl methyl sites for hydroxylation is 1. The summed E-state index contributed by atoms with van der Waals surface area (Å²) in [6.07, 6.45) is 3.01. The summed E-state index contributed by atoms with van der Waals surface area (Å²) in [4.78, 5) is 20.2. The number of anilines is 1. The molecule has 10 heteroatoms. The average molecular weight is 437 g/mol. The molecule has 0 fully saturated rings. The van der Waals surface area contributed by atoms with Gasteiger partial charge in [-0.1, -0.05) is 0 Å². The standard InChI is InChI=1S/C20H20F2N4O3S/c1-10(27)24-16-5-11-12(8-26(3)13(11)7-23-16)18-19-14(6-17(25-18)30-4)29-15(9-28-19)20(2,21)22/h5-8,15H,9H2,1-4H3,(H,23,24,27)/i3D3. The van der Waals surface area contributed by atoms with E-state index in [-0.39, 0.29) is 34.4 Å². The van der Waals surface area contributed by atoms with Crippen LogP contribution in [0.4, 0.5) is 14.6 Å². The molecule has 1 unspecified atom stereocenters. The molecule has 0 saturated heterocycles. The SMILES string of the molecule is [2H]C([2H])([2H])n1cc(-c2nc(SC)cc3c2OCC(C(C)(F)F)O3)c2cc(NC(C)=O)ncc21. The third kappa shape index (κ3) is 3.67. The van der Waals surface area contributed by atoms with Gasteiger partial charge in [-0.15, -0.1) is 11.8 Å². The zero-order chi connectivity index (χ0) is 24.1. The molecule has 1 atom stereocenters. The monoisotopic (exact) mass is 437 g/mol. The molecule has 0 spiro atoms. The summed E-state index contributed by atoms with van der Waals surface area (Å²) >= 11 is 1.27. The number of carbonyl (C=O) groups excluding carboxylic acids is 1. The fourth-order valence-corrected chi connectivity index (χ4v) is 3.57. The molecule has 0 bridgehead atoms. The van der Waals surface area contributed by atoms with Crippen molar-refractivity contribution in [1.82, 2.24) is 14.5 Å². The normalized spacial score (nSPS) is 17.9. The molecule has 30 heavy (non-hydrogen) atoms. The van der Waals surface area contributed by atoms with Gasteiger partial charge in [-0.05, 0) is 12.3 Å². The van der Waals surface area contributed by atoms with Crippen LogP contribution in [0.1, 0.15) is 18.0 Å². The number of nitrogens with zero attached hydrogens (tertiary/aromatic N) is 3. The number of ether oxygens (including phenoxy) is 2. The van der Waals surface area contributed by atoms with E-state index in [9.17, 15) is 13.6 Å². The summed E-state index contributed by atoms with van der Waals surface area (Å²) in [6, 6.07) is 3.04. The molecule has 7 nitrogen and oxygen atoms in total. The fraction of sp³-hybridized carbons (Fsp3) is 0.350. The van der Waals surface area contributed by atoms with Gasteiger partial charge in [0.15, 0.2) is 17.6 Å².